The predicted octanol–water partition coefficient (Wildman–Crippen LogP) is 1.80. The Kier molecular flexibility index (Phi) is 3.43. The lowest BCUT2D eigenvalue weighted by atomic mass is 9.83. The third-order valence-corrected chi connectivity index (χ3v) is 3.56. The van der Waals surface area contributed by atoms with Gasteiger partial charge in [0.2, 0.25) is 0 Å². The molecule has 1 aliphatic carbocycles. The lowest BCUT2D eigenvalue weighted by molar-refractivity contribution is -0.143. The summed E-state index contributed by atoms with van der Waals surface area (Å²) in [5.41, 5.74) is -0.653. The fourth-order valence-corrected chi connectivity index (χ4v) is 2.78. The molecule has 82 valence electrons. The summed E-state index contributed by atoms with van der Waals surface area (Å²) in [6.07, 6.45) is 5.71. The summed E-state index contributed by atoms with van der Waals surface area (Å²) < 4.78 is 0. The molecule has 0 unspecified atom stereocenters. The van der Waals surface area contributed by atoms with E-state index >= 15 is 0 Å². The van der Waals surface area contributed by atoms with E-state index in [0.717, 1.165) is 12.8 Å². The average Bonchev–Trinajstić information content (AvgIpc) is 2.42. The number of rotatable bonds is 1. The lowest BCUT2D eigenvalue weighted by Crippen LogP contribution is -2.47. The molecule has 0 aromatic heterocycles. The summed E-state index contributed by atoms with van der Waals surface area (Å²) in [7, 11) is 0. The van der Waals surface area contributed by atoms with Crippen LogP contribution in [0.15, 0.2) is 0 Å². The number of hydrogen-bond donors (Lipinski definition) is 2. The molecule has 3 nitrogen and oxygen atoms in total. The van der Waals surface area contributed by atoms with Crippen molar-refractivity contribution in [2.75, 3.05) is 0 Å². The number of nitrogens with one attached hydrogen (secondary N) is 1. The number of fused-ring (bicyclic) bond motifs is 1. The average molecular weight is 220 g/mol. The Balaban J connectivity index is 0.000000980. The maximum atomic E-state index is 11.0. The minimum atomic E-state index is -0.693. The van der Waals surface area contributed by atoms with Gasteiger partial charge in [0.15, 0.2) is 0 Å². The molecule has 2 fully saturated rings. The molecule has 1 saturated carbocycles. The fraction of sp³-hybridized carbons (Fsp3) is 0.900. The van der Waals surface area contributed by atoms with E-state index in [2.05, 4.69) is 5.32 Å². The topological polar surface area (TPSA) is 49.3 Å². The van der Waals surface area contributed by atoms with E-state index < -0.39 is 11.5 Å². The van der Waals surface area contributed by atoms with Gasteiger partial charge in [0.05, 0.1) is 0 Å². The largest absolute Gasteiger partial charge is 0.480 e. The number of carboxylic acids is 1. The van der Waals surface area contributed by atoms with Crippen molar-refractivity contribution in [2.45, 2.75) is 50.6 Å². The Morgan fingerprint density at radius 3 is 2.64 bits per heavy atom. The summed E-state index contributed by atoms with van der Waals surface area (Å²) in [4.78, 5) is 11.0. The minimum Gasteiger partial charge on any atom is -0.480 e. The van der Waals surface area contributed by atoms with Crippen LogP contribution >= 0.6 is 12.4 Å². The van der Waals surface area contributed by atoms with Crippen LogP contribution in [0.2, 0.25) is 0 Å². The van der Waals surface area contributed by atoms with Crippen molar-refractivity contribution in [1.29, 1.82) is 0 Å². The molecule has 3 atom stereocenters. The second-order valence-electron chi connectivity index (χ2n) is 4.64. The molecule has 0 amide bonds. The Morgan fingerprint density at radius 1 is 1.43 bits per heavy atom. The van der Waals surface area contributed by atoms with E-state index in [-0.39, 0.29) is 12.4 Å². The van der Waals surface area contributed by atoms with Crippen molar-refractivity contribution in [1.82, 2.24) is 5.32 Å². The first-order valence-electron chi connectivity index (χ1n) is 5.13. The molecule has 0 aromatic rings. The van der Waals surface area contributed by atoms with Crippen LogP contribution in [-0.2, 0) is 4.79 Å². The van der Waals surface area contributed by atoms with Gasteiger partial charge in [0.1, 0.15) is 5.54 Å². The molecule has 0 radical (unpaired) electrons. The van der Waals surface area contributed by atoms with Crippen LogP contribution in [0.25, 0.3) is 0 Å². The first kappa shape index (κ1) is 11.8. The lowest BCUT2D eigenvalue weighted by Gasteiger charge is -2.24. The molecule has 0 aromatic carbocycles. The van der Waals surface area contributed by atoms with Crippen molar-refractivity contribution >= 4 is 18.4 Å². The third kappa shape index (κ3) is 1.89. The third-order valence-electron chi connectivity index (χ3n) is 3.56. The zero-order valence-electron chi connectivity index (χ0n) is 8.45. The second kappa shape index (κ2) is 4.07. The molecular formula is C10H18ClNO2. The van der Waals surface area contributed by atoms with Gasteiger partial charge in [0.25, 0.3) is 0 Å². The van der Waals surface area contributed by atoms with E-state index in [0.29, 0.717) is 12.0 Å². The van der Waals surface area contributed by atoms with Gasteiger partial charge in [-0.3, -0.25) is 10.1 Å². The Labute approximate surface area is 90.7 Å². The fourth-order valence-electron chi connectivity index (χ4n) is 2.78. The van der Waals surface area contributed by atoms with E-state index in [4.69, 9.17) is 5.11 Å². The molecular weight excluding hydrogens is 202 g/mol. The number of halogens is 1. The van der Waals surface area contributed by atoms with Gasteiger partial charge < -0.3 is 5.11 Å². The number of carbonyl (C=O) groups is 1. The maximum absolute atomic E-state index is 11.0. The van der Waals surface area contributed by atoms with Crippen LogP contribution in [-0.4, -0.2) is 22.7 Å². The van der Waals surface area contributed by atoms with E-state index in [1.807, 2.05) is 6.92 Å². The molecule has 1 aliphatic heterocycles. The Bertz CT molecular complexity index is 218. The Morgan fingerprint density at radius 2 is 2.07 bits per heavy atom. The molecule has 2 aliphatic rings. The van der Waals surface area contributed by atoms with Crippen LogP contribution in [0.3, 0.4) is 0 Å². The molecule has 1 saturated heterocycles. The summed E-state index contributed by atoms with van der Waals surface area (Å²) >= 11 is 0. The van der Waals surface area contributed by atoms with Crippen LogP contribution in [0.5, 0.6) is 0 Å². The SMILES string of the molecule is C[C@]1(C(=O)O)C[C@@H]2CCCC[C@@H]2N1.Cl. The van der Waals surface area contributed by atoms with Crippen molar-refractivity contribution < 1.29 is 9.90 Å². The van der Waals surface area contributed by atoms with Gasteiger partial charge in [-0.05, 0) is 32.1 Å². The Hall–Kier alpha value is -0.280. The quantitative estimate of drug-likeness (QED) is 0.707. The van der Waals surface area contributed by atoms with Gasteiger partial charge in [0, 0.05) is 6.04 Å². The van der Waals surface area contributed by atoms with Crippen molar-refractivity contribution in [3.63, 3.8) is 0 Å². The smallest absolute Gasteiger partial charge is 0.323 e. The van der Waals surface area contributed by atoms with Crippen molar-refractivity contribution in [3.05, 3.63) is 0 Å². The van der Waals surface area contributed by atoms with Gasteiger partial charge in [-0.2, -0.15) is 0 Å². The summed E-state index contributed by atoms with van der Waals surface area (Å²) in [6, 6.07) is 0.467. The molecule has 14 heavy (non-hydrogen) atoms. The van der Waals surface area contributed by atoms with E-state index in [1.54, 1.807) is 0 Å². The summed E-state index contributed by atoms with van der Waals surface area (Å²) in [5, 5.41) is 12.3. The van der Waals surface area contributed by atoms with Crippen LogP contribution in [0.4, 0.5) is 0 Å². The minimum absolute atomic E-state index is 0. The standard InChI is InChI=1S/C10H17NO2.ClH/c1-10(9(12)13)6-7-4-2-3-5-8(7)11-10;/h7-8,11H,2-6H2,1H3,(H,12,13);1H/t7-,8-,10+;/m0./s1. The zero-order valence-corrected chi connectivity index (χ0v) is 9.27. The monoisotopic (exact) mass is 219 g/mol. The second-order valence-corrected chi connectivity index (χ2v) is 4.64. The van der Waals surface area contributed by atoms with Gasteiger partial charge in [-0.25, -0.2) is 0 Å². The van der Waals surface area contributed by atoms with Crippen LogP contribution in [0, 0.1) is 5.92 Å². The molecule has 2 N–H and O–H groups in total. The highest BCUT2D eigenvalue weighted by Gasteiger charge is 2.46. The molecule has 0 spiro atoms. The van der Waals surface area contributed by atoms with Crippen LogP contribution in [0.1, 0.15) is 39.0 Å². The maximum Gasteiger partial charge on any atom is 0.323 e. The highest BCUT2D eigenvalue weighted by molar-refractivity contribution is 5.85. The summed E-state index contributed by atoms with van der Waals surface area (Å²) in [5.74, 6) is -0.0863. The number of carboxylic acid groups (broad SMARTS) is 1. The molecule has 0 bridgehead atoms. The van der Waals surface area contributed by atoms with Gasteiger partial charge in [-0.1, -0.05) is 12.8 Å². The molecule has 1 heterocycles. The van der Waals surface area contributed by atoms with E-state index in [9.17, 15) is 4.79 Å². The molecule has 2 rings (SSSR count). The van der Waals surface area contributed by atoms with Gasteiger partial charge >= 0.3 is 5.97 Å². The van der Waals surface area contributed by atoms with Gasteiger partial charge in [-0.15, -0.1) is 12.4 Å². The first-order chi connectivity index (χ1) is 6.12. The highest BCUT2D eigenvalue weighted by atomic mass is 35.5. The normalized spacial score (nSPS) is 41.2. The number of aliphatic carboxylic acids is 1. The number of hydrogen-bond acceptors (Lipinski definition) is 2. The van der Waals surface area contributed by atoms with E-state index in [1.165, 1.54) is 19.3 Å². The van der Waals surface area contributed by atoms with Crippen LogP contribution < -0.4 is 5.32 Å². The molecule has 4 heteroatoms. The van der Waals surface area contributed by atoms with Crippen molar-refractivity contribution in [2.24, 2.45) is 5.92 Å². The first-order valence-corrected chi connectivity index (χ1v) is 5.13. The predicted molar refractivity (Wildman–Crippen MR) is 56.8 cm³/mol. The zero-order chi connectivity index (χ0) is 9.47. The highest BCUT2D eigenvalue weighted by Crippen LogP contribution is 2.37. The summed E-state index contributed by atoms with van der Waals surface area (Å²) in [6.45, 7) is 1.81. The van der Waals surface area contributed by atoms with Crippen molar-refractivity contribution in [3.8, 4) is 0 Å².